The quantitative estimate of drug-likeness (QED) is 0.268. The molecule has 6 heteroatoms. The fraction of sp³-hybridized carbons (Fsp3) is 0.0645. The van der Waals surface area contributed by atoms with E-state index in [2.05, 4.69) is 16.4 Å². The second-order valence-electron chi connectivity index (χ2n) is 9.05. The molecule has 0 aliphatic carbocycles. The van der Waals surface area contributed by atoms with Crippen LogP contribution in [0.1, 0.15) is 21.5 Å². The molecule has 0 radical (unpaired) electrons. The minimum absolute atomic E-state index is 0.298. The van der Waals surface area contributed by atoms with Crippen LogP contribution in [0.4, 0.5) is 5.69 Å². The lowest BCUT2D eigenvalue weighted by Crippen LogP contribution is -2.12. The first-order valence-corrected chi connectivity index (χ1v) is 11.9. The number of fused-ring (bicyclic) bond motifs is 2. The zero-order valence-electron chi connectivity index (χ0n) is 20.2. The summed E-state index contributed by atoms with van der Waals surface area (Å²) in [5.74, 6) is 0.193. The van der Waals surface area contributed by atoms with Gasteiger partial charge in [-0.25, -0.2) is 9.78 Å². The van der Waals surface area contributed by atoms with E-state index >= 15 is 0 Å². The number of para-hydroxylation sites is 1. The van der Waals surface area contributed by atoms with Crippen LogP contribution in [0.15, 0.2) is 105 Å². The Morgan fingerprint density at radius 1 is 0.811 bits per heavy atom. The number of oxazole rings is 1. The molecule has 0 spiro atoms. The van der Waals surface area contributed by atoms with Crippen molar-refractivity contribution in [1.29, 1.82) is 0 Å². The number of aromatic nitrogens is 1. The molecule has 0 unspecified atom stereocenters. The minimum atomic E-state index is -0.451. The molecule has 0 aliphatic heterocycles. The van der Waals surface area contributed by atoms with E-state index in [-0.39, 0.29) is 5.91 Å². The van der Waals surface area contributed by atoms with Crippen molar-refractivity contribution in [3.8, 4) is 22.6 Å². The molecule has 0 fully saturated rings. The predicted octanol–water partition coefficient (Wildman–Crippen LogP) is 7.14. The van der Waals surface area contributed by atoms with Gasteiger partial charge in [-0.2, -0.15) is 0 Å². The van der Waals surface area contributed by atoms with E-state index < -0.39 is 5.63 Å². The molecule has 1 N–H and O–H groups in total. The van der Waals surface area contributed by atoms with Crippen molar-refractivity contribution in [3.05, 3.63) is 118 Å². The molecule has 37 heavy (non-hydrogen) atoms. The van der Waals surface area contributed by atoms with E-state index in [1.165, 1.54) is 0 Å². The van der Waals surface area contributed by atoms with Crippen LogP contribution in [0.3, 0.4) is 0 Å². The van der Waals surface area contributed by atoms with Crippen molar-refractivity contribution in [2.24, 2.45) is 0 Å². The Morgan fingerprint density at radius 2 is 1.62 bits per heavy atom. The number of hydrogen-bond acceptors (Lipinski definition) is 5. The summed E-state index contributed by atoms with van der Waals surface area (Å²) >= 11 is 0. The van der Waals surface area contributed by atoms with Gasteiger partial charge in [-0.1, -0.05) is 42.5 Å². The molecule has 2 heterocycles. The Hall–Kier alpha value is -4.97. The van der Waals surface area contributed by atoms with Crippen molar-refractivity contribution in [1.82, 2.24) is 4.98 Å². The van der Waals surface area contributed by atoms with E-state index in [1.54, 1.807) is 42.5 Å². The molecule has 180 valence electrons. The van der Waals surface area contributed by atoms with Gasteiger partial charge in [0.2, 0.25) is 5.89 Å². The molecule has 6 rings (SSSR count). The average molecular weight is 487 g/mol. The molecular formula is C31H22N2O4. The number of anilines is 1. The van der Waals surface area contributed by atoms with Crippen molar-refractivity contribution in [3.63, 3.8) is 0 Å². The number of hydrogen-bond donors (Lipinski definition) is 1. The average Bonchev–Trinajstić information content (AvgIpc) is 3.33. The summed E-state index contributed by atoms with van der Waals surface area (Å²) in [4.78, 5) is 30.4. The largest absolute Gasteiger partial charge is 0.436 e. The predicted molar refractivity (Wildman–Crippen MR) is 145 cm³/mol. The maximum absolute atomic E-state index is 13.1. The van der Waals surface area contributed by atoms with Gasteiger partial charge in [-0.15, -0.1) is 0 Å². The third-order valence-electron chi connectivity index (χ3n) is 6.26. The highest BCUT2D eigenvalue weighted by molar-refractivity contribution is 6.05. The standard InChI is InChI=1S/C31H22N2O4/c1-18-13-19(2)28-26(14-18)33-30(37-28)23-10-6-11-24(16-23)32-29(34)22-9-5-8-20(15-22)25-17-21-7-3-4-12-27(21)36-31(25)35/h3-17H,1-2H3,(H,32,34). The van der Waals surface area contributed by atoms with Gasteiger partial charge in [0.15, 0.2) is 5.58 Å². The first-order chi connectivity index (χ1) is 17.9. The number of carbonyl (C=O) groups excluding carboxylic acids is 1. The third kappa shape index (κ3) is 4.29. The number of benzene rings is 4. The lowest BCUT2D eigenvalue weighted by Gasteiger charge is -2.08. The van der Waals surface area contributed by atoms with Crippen molar-refractivity contribution in [2.75, 3.05) is 5.32 Å². The van der Waals surface area contributed by atoms with E-state index in [0.29, 0.717) is 33.9 Å². The van der Waals surface area contributed by atoms with Crippen LogP contribution in [-0.4, -0.2) is 10.9 Å². The minimum Gasteiger partial charge on any atom is -0.436 e. The Bertz CT molecular complexity index is 1880. The van der Waals surface area contributed by atoms with Crippen LogP contribution < -0.4 is 10.9 Å². The zero-order valence-corrected chi connectivity index (χ0v) is 20.2. The number of nitrogens with zero attached hydrogens (tertiary/aromatic N) is 1. The van der Waals surface area contributed by atoms with E-state index in [1.807, 2.05) is 56.3 Å². The lowest BCUT2D eigenvalue weighted by atomic mass is 10.0. The van der Waals surface area contributed by atoms with Gasteiger partial charge in [0, 0.05) is 22.2 Å². The molecule has 0 aliphatic rings. The molecule has 4 aromatic carbocycles. The molecule has 0 atom stereocenters. The molecule has 0 saturated carbocycles. The number of amides is 1. The molecule has 1 amide bonds. The van der Waals surface area contributed by atoms with Gasteiger partial charge in [0.1, 0.15) is 11.1 Å². The van der Waals surface area contributed by atoms with Gasteiger partial charge in [-0.05, 0) is 79.1 Å². The molecule has 6 aromatic rings. The first-order valence-electron chi connectivity index (χ1n) is 11.9. The zero-order chi connectivity index (χ0) is 25.5. The van der Waals surface area contributed by atoms with Gasteiger partial charge < -0.3 is 14.2 Å². The Kier molecular flexibility index (Phi) is 5.42. The third-order valence-corrected chi connectivity index (χ3v) is 6.26. The van der Waals surface area contributed by atoms with E-state index in [4.69, 9.17) is 8.83 Å². The summed E-state index contributed by atoms with van der Waals surface area (Å²) in [5.41, 5.74) is 6.57. The van der Waals surface area contributed by atoms with Crippen LogP contribution in [0.5, 0.6) is 0 Å². The topological polar surface area (TPSA) is 85.3 Å². The lowest BCUT2D eigenvalue weighted by molar-refractivity contribution is 0.102. The van der Waals surface area contributed by atoms with Gasteiger partial charge in [-0.3, -0.25) is 4.79 Å². The summed E-state index contributed by atoms with van der Waals surface area (Å²) in [6.07, 6.45) is 0. The SMILES string of the molecule is Cc1cc(C)c2oc(-c3cccc(NC(=O)c4cccc(-c5cc6ccccc6oc5=O)c4)c3)nc2c1. The van der Waals surface area contributed by atoms with Crippen LogP contribution >= 0.6 is 0 Å². The Balaban J connectivity index is 1.29. The van der Waals surface area contributed by atoms with Crippen LogP contribution in [0.25, 0.3) is 44.7 Å². The summed E-state index contributed by atoms with van der Waals surface area (Å²) in [6.45, 7) is 4.02. The summed E-state index contributed by atoms with van der Waals surface area (Å²) in [6, 6.07) is 27.5. The Morgan fingerprint density at radius 3 is 2.51 bits per heavy atom. The normalized spacial score (nSPS) is 11.2. The maximum atomic E-state index is 13.1. The van der Waals surface area contributed by atoms with Crippen molar-refractivity contribution < 1.29 is 13.6 Å². The highest BCUT2D eigenvalue weighted by Crippen LogP contribution is 2.29. The molecular weight excluding hydrogens is 464 g/mol. The van der Waals surface area contributed by atoms with Crippen molar-refractivity contribution >= 4 is 33.7 Å². The summed E-state index contributed by atoms with van der Waals surface area (Å²) in [7, 11) is 0. The molecule has 0 bridgehead atoms. The maximum Gasteiger partial charge on any atom is 0.344 e. The second-order valence-corrected chi connectivity index (χ2v) is 9.05. The molecule has 0 saturated heterocycles. The van der Waals surface area contributed by atoms with Gasteiger partial charge in [0.05, 0.1) is 5.56 Å². The van der Waals surface area contributed by atoms with Crippen molar-refractivity contribution in [2.45, 2.75) is 13.8 Å². The van der Waals surface area contributed by atoms with E-state index in [0.717, 1.165) is 33.2 Å². The number of aryl methyl sites for hydroxylation is 2. The monoisotopic (exact) mass is 486 g/mol. The van der Waals surface area contributed by atoms with Crippen LogP contribution in [0, 0.1) is 13.8 Å². The smallest absolute Gasteiger partial charge is 0.344 e. The fourth-order valence-electron chi connectivity index (χ4n) is 4.52. The Labute approximate surface area is 212 Å². The number of rotatable bonds is 4. The first kappa shape index (κ1) is 22.5. The van der Waals surface area contributed by atoms with Crippen LogP contribution in [0.2, 0.25) is 0 Å². The molecule has 2 aromatic heterocycles. The van der Waals surface area contributed by atoms with Gasteiger partial charge >= 0.3 is 5.63 Å². The number of nitrogens with one attached hydrogen (secondary N) is 1. The highest BCUT2D eigenvalue weighted by atomic mass is 16.4. The van der Waals surface area contributed by atoms with Crippen LogP contribution in [-0.2, 0) is 0 Å². The van der Waals surface area contributed by atoms with E-state index in [9.17, 15) is 9.59 Å². The number of carbonyl (C=O) groups is 1. The second kappa shape index (κ2) is 8.91. The fourth-order valence-corrected chi connectivity index (χ4v) is 4.52. The summed E-state index contributed by atoms with van der Waals surface area (Å²) < 4.78 is 11.5. The highest BCUT2D eigenvalue weighted by Gasteiger charge is 2.14. The molecule has 6 nitrogen and oxygen atoms in total. The van der Waals surface area contributed by atoms with Gasteiger partial charge in [0.25, 0.3) is 5.91 Å². The summed E-state index contributed by atoms with van der Waals surface area (Å²) in [5, 5.41) is 3.75.